The highest BCUT2D eigenvalue weighted by Gasteiger charge is 2.30. The van der Waals surface area contributed by atoms with Gasteiger partial charge in [0.15, 0.2) is 0 Å². The molecule has 0 spiro atoms. The lowest BCUT2D eigenvalue weighted by atomic mass is 10.1. The molecule has 1 aliphatic rings. The van der Waals surface area contributed by atoms with Crippen LogP contribution in [-0.2, 0) is 4.79 Å². The van der Waals surface area contributed by atoms with Gasteiger partial charge >= 0.3 is 0 Å². The average molecular weight is 302 g/mol. The van der Waals surface area contributed by atoms with Crippen molar-refractivity contribution in [2.24, 2.45) is 0 Å². The minimum Gasteiger partial charge on any atom is -0.370 e. The van der Waals surface area contributed by atoms with E-state index in [4.69, 9.17) is 16.9 Å². The van der Waals surface area contributed by atoms with Crippen molar-refractivity contribution in [2.75, 3.05) is 10.6 Å². The van der Waals surface area contributed by atoms with Crippen molar-refractivity contribution in [3.05, 3.63) is 58.4 Å². The first-order valence-electron chi connectivity index (χ1n) is 6.15. The lowest BCUT2D eigenvalue weighted by Gasteiger charge is -2.13. The Hall–Kier alpha value is -2.58. The minimum atomic E-state index is -0.621. The molecule has 0 saturated carbocycles. The van der Waals surface area contributed by atoms with Crippen LogP contribution in [0.15, 0.2) is 36.4 Å². The molecule has 2 aromatic rings. The van der Waals surface area contributed by atoms with E-state index in [1.165, 1.54) is 12.1 Å². The molecule has 0 radical (unpaired) electrons. The third-order valence-electron chi connectivity index (χ3n) is 3.25. The summed E-state index contributed by atoms with van der Waals surface area (Å²) in [7, 11) is 0. The standard InChI is InChI=1S/C15H9ClFN3O/c16-12-6-10(3-1-8(12)7-18)19-14-11-4-2-9(17)5-13(11)20-15(14)21/h1-6,14,19H,(H,20,21). The number of nitrogens with zero attached hydrogens (tertiary/aromatic N) is 1. The third-order valence-corrected chi connectivity index (χ3v) is 3.56. The van der Waals surface area contributed by atoms with Crippen LogP contribution in [0.2, 0.25) is 5.02 Å². The fourth-order valence-corrected chi connectivity index (χ4v) is 2.46. The molecule has 1 atom stereocenters. The van der Waals surface area contributed by atoms with Crippen molar-refractivity contribution in [1.82, 2.24) is 0 Å². The lowest BCUT2D eigenvalue weighted by Crippen LogP contribution is -2.19. The maximum Gasteiger partial charge on any atom is 0.251 e. The van der Waals surface area contributed by atoms with Crippen molar-refractivity contribution < 1.29 is 9.18 Å². The van der Waals surface area contributed by atoms with Crippen molar-refractivity contribution in [2.45, 2.75) is 6.04 Å². The zero-order valence-corrected chi connectivity index (χ0v) is 11.4. The van der Waals surface area contributed by atoms with E-state index < -0.39 is 11.9 Å². The van der Waals surface area contributed by atoms with Crippen LogP contribution in [0.5, 0.6) is 0 Å². The summed E-state index contributed by atoms with van der Waals surface area (Å²) in [5.74, 6) is -0.674. The number of anilines is 2. The van der Waals surface area contributed by atoms with Crippen LogP contribution in [0.1, 0.15) is 17.2 Å². The van der Waals surface area contributed by atoms with Gasteiger partial charge in [0.1, 0.15) is 17.9 Å². The number of nitrogens with one attached hydrogen (secondary N) is 2. The van der Waals surface area contributed by atoms with E-state index in [1.807, 2.05) is 6.07 Å². The van der Waals surface area contributed by atoms with Gasteiger partial charge in [-0.3, -0.25) is 4.79 Å². The smallest absolute Gasteiger partial charge is 0.251 e. The van der Waals surface area contributed by atoms with E-state index in [-0.39, 0.29) is 5.91 Å². The van der Waals surface area contributed by atoms with Gasteiger partial charge < -0.3 is 10.6 Å². The van der Waals surface area contributed by atoms with Gasteiger partial charge in [0.2, 0.25) is 0 Å². The van der Waals surface area contributed by atoms with E-state index >= 15 is 0 Å². The maximum atomic E-state index is 13.2. The summed E-state index contributed by atoms with van der Waals surface area (Å²) in [4.78, 5) is 12.0. The number of halogens is 2. The molecule has 1 heterocycles. The minimum absolute atomic E-state index is 0.268. The Morgan fingerprint density at radius 3 is 2.81 bits per heavy atom. The molecule has 4 nitrogen and oxygen atoms in total. The van der Waals surface area contributed by atoms with Gasteiger partial charge in [-0.25, -0.2) is 4.39 Å². The summed E-state index contributed by atoms with van der Waals surface area (Å²) < 4.78 is 13.2. The van der Waals surface area contributed by atoms with E-state index in [0.717, 1.165) is 0 Å². The quantitative estimate of drug-likeness (QED) is 0.893. The van der Waals surface area contributed by atoms with Gasteiger partial charge in [-0.05, 0) is 30.3 Å². The number of fused-ring (bicyclic) bond motifs is 1. The van der Waals surface area contributed by atoms with Gasteiger partial charge in [-0.1, -0.05) is 17.7 Å². The van der Waals surface area contributed by atoms with E-state index in [0.29, 0.717) is 27.5 Å². The van der Waals surface area contributed by atoms with Crippen LogP contribution >= 0.6 is 11.6 Å². The second kappa shape index (κ2) is 5.08. The number of benzene rings is 2. The molecule has 1 amide bonds. The number of rotatable bonds is 2. The van der Waals surface area contributed by atoms with Crippen molar-refractivity contribution in [3.8, 4) is 6.07 Å². The van der Waals surface area contributed by atoms with Crippen LogP contribution in [-0.4, -0.2) is 5.91 Å². The molecule has 0 saturated heterocycles. The van der Waals surface area contributed by atoms with Gasteiger partial charge in [0, 0.05) is 16.9 Å². The van der Waals surface area contributed by atoms with Gasteiger partial charge in [0.05, 0.1) is 10.6 Å². The monoisotopic (exact) mass is 301 g/mol. The molecule has 104 valence electrons. The number of hydrogen-bond acceptors (Lipinski definition) is 3. The Kier molecular flexibility index (Phi) is 3.24. The highest BCUT2D eigenvalue weighted by atomic mass is 35.5. The molecule has 2 aromatic carbocycles. The Morgan fingerprint density at radius 1 is 1.29 bits per heavy atom. The molecule has 3 rings (SSSR count). The second-order valence-corrected chi connectivity index (χ2v) is 5.01. The largest absolute Gasteiger partial charge is 0.370 e. The molecule has 21 heavy (non-hydrogen) atoms. The highest BCUT2D eigenvalue weighted by Crippen LogP contribution is 2.34. The summed E-state index contributed by atoms with van der Waals surface area (Å²) in [5, 5.41) is 14.8. The molecular weight excluding hydrogens is 293 g/mol. The molecule has 1 aliphatic heterocycles. The van der Waals surface area contributed by atoms with E-state index in [2.05, 4.69) is 10.6 Å². The van der Waals surface area contributed by atoms with Crippen molar-refractivity contribution in [1.29, 1.82) is 5.26 Å². The van der Waals surface area contributed by atoms with Crippen LogP contribution < -0.4 is 10.6 Å². The number of carbonyl (C=O) groups is 1. The van der Waals surface area contributed by atoms with Crippen molar-refractivity contribution in [3.63, 3.8) is 0 Å². The second-order valence-electron chi connectivity index (χ2n) is 4.60. The third kappa shape index (κ3) is 2.41. The maximum absolute atomic E-state index is 13.2. The Balaban J connectivity index is 1.91. The van der Waals surface area contributed by atoms with E-state index in [1.54, 1.807) is 24.3 Å². The Bertz CT molecular complexity index is 785. The van der Waals surface area contributed by atoms with Gasteiger partial charge in [-0.2, -0.15) is 5.26 Å². The SMILES string of the molecule is N#Cc1ccc(NC2C(=O)Nc3cc(F)ccc32)cc1Cl. The summed E-state index contributed by atoms with van der Waals surface area (Å²) in [5.41, 5.74) is 2.09. The predicted octanol–water partition coefficient (Wildman–Crippen LogP) is 3.46. The number of nitriles is 1. The van der Waals surface area contributed by atoms with Gasteiger partial charge in [-0.15, -0.1) is 0 Å². The predicted molar refractivity (Wildman–Crippen MR) is 77.6 cm³/mol. The molecule has 1 unspecified atom stereocenters. The fraction of sp³-hybridized carbons (Fsp3) is 0.0667. The van der Waals surface area contributed by atoms with E-state index in [9.17, 15) is 9.18 Å². The Labute approximate surface area is 125 Å². The zero-order chi connectivity index (χ0) is 15.0. The lowest BCUT2D eigenvalue weighted by molar-refractivity contribution is -0.116. The molecule has 0 aromatic heterocycles. The summed E-state index contributed by atoms with van der Waals surface area (Å²) >= 11 is 5.96. The molecule has 0 aliphatic carbocycles. The van der Waals surface area contributed by atoms with Crippen LogP contribution in [0.25, 0.3) is 0 Å². The fourth-order valence-electron chi connectivity index (χ4n) is 2.24. The topological polar surface area (TPSA) is 64.9 Å². The molecule has 0 fully saturated rings. The number of carbonyl (C=O) groups excluding carboxylic acids is 1. The molecule has 2 N–H and O–H groups in total. The molecular formula is C15H9ClFN3O. The van der Waals surface area contributed by atoms with Crippen LogP contribution in [0.4, 0.5) is 15.8 Å². The summed E-state index contributed by atoms with van der Waals surface area (Å²) in [6.45, 7) is 0. The Morgan fingerprint density at radius 2 is 2.10 bits per heavy atom. The normalized spacial score (nSPS) is 16.0. The van der Waals surface area contributed by atoms with Gasteiger partial charge in [0.25, 0.3) is 5.91 Å². The summed E-state index contributed by atoms with van der Waals surface area (Å²) in [6, 6.07) is 10.3. The number of hydrogen-bond donors (Lipinski definition) is 2. The molecule has 0 bridgehead atoms. The van der Waals surface area contributed by atoms with Crippen LogP contribution in [0.3, 0.4) is 0 Å². The first-order chi connectivity index (χ1) is 10.1. The highest BCUT2D eigenvalue weighted by molar-refractivity contribution is 6.32. The average Bonchev–Trinajstić information content (AvgIpc) is 2.74. The first kappa shape index (κ1) is 13.4. The molecule has 6 heteroatoms. The van der Waals surface area contributed by atoms with Crippen LogP contribution in [0, 0.1) is 17.1 Å². The summed E-state index contributed by atoms with van der Waals surface area (Å²) in [6.07, 6.45) is 0. The van der Waals surface area contributed by atoms with Crippen molar-refractivity contribution >= 4 is 28.9 Å². The zero-order valence-electron chi connectivity index (χ0n) is 10.7. The first-order valence-corrected chi connectivity index (χ1v) is 6.53. The number of amides is 1.